The molecule has 128 valence electrons. The zero-order valence-electron chi connectivity index (χ0n) is 13.7. The molecule has 7 heteroatoms. The van der Waals surface area contributed by atoms with Gasteiger partial charge in [-0.3, -0.25) is 9.69 Å². The number of fused-ring (bicyclic) bond motifs is 1. The summed E-state index contributed by atoms with van der Waals surface area (Å²) in [4.78, 5) is 16.9. The molecule has 0 atom stereocenters. The maximum Gasteiger partial charge on any atom is 0.254 e. The van der Waals surface area contributed by atoms with Crippen LogP contribution in [0.5, 0.6) is 0 Å². The van der Waals surface area contributed by atoms with Crippen molar-refractivity contribution in [2.45, 2.75) is 6.54 Å². The fourth-order valence-electron chi connectivity index (χ4n) is 3.16. The number of carbonyl (C=O) groups is 1. The fourth-order valence-corrected chi connectivity index (χ4v) is 3.37. The molecule has 1 saturated heterocycles. The number of hydrogen-bond donors (Lipinski definition) is 1. The second-order valence-electron chi connectivity index (χ2n) is 6.23. The van der Waals surface area contributed by atoms with Crippen molar-refractivity contribution < 1.29 is 4.79 Å². The summed E-state index contributed by atoms with van der Waals surface area (Å²) in [6.07, 6.45) is 0. The van der Waals surface area contributed by atoms with Crippen LogP contribution in [0.4, 0.5) is 0 Å². The van der Waals surface area contributed by atoms with E-state index in [0.717, 1.165) is 43.3 Å². The van der Waals surface area contributed by atoms with Crippen LogP contribution in [0.2, 0.25) is 5.02 Å². The number of amides is 1. The summed E-state index contributed by atoms with van der Waals surface area (Å²) >= 11 is 6.05. The Labute approximate surface area is 150 Å². The van der Waals surface area contributed by atoms with Crippen LogP contribution in [0.3, 0.4) is 0 Å². The predicted octanol–water partition coefficient (Wildman–Crippen LogP) is 2.57. The van der Waals surface area contributed by atoms with E-state index in [1.165, 1.54) is 5.56 Å². The van der Waals surface area contributed by atoms with Crippen molar-refractivity contribution in [2.24, 2.45) is 0 Å². The number of hydrogen-bond acceptors (Lipinski definition) is 4. The molecule has 1 amide bonds. The van der Waals surface area contributed by atoms with E-state index in [9.17, 15) is 4.79 Å². The highest BCUT2D eigenvalue weighted by molar-refractivity contribution is 6.30. The van der Waals surface area contributed by atoms with Crippen molar-refractivity contribution in [3.05, 3.63) is 58.6 Å². The summed E-state index contributed by atoms with van der Waals surface area (Å²) in [5.41, 5.74) is 3.33. The second kappa shape index (κ2) is 6.82. The third-order valence-corrected chi connectivity index (χ3v) is 4.75. The van der Waals surface area contributed by atoms with Crippen molar-refractivity contribution in [1.82, 2.24) is 25.2 Å². The van der Waals surface area contributed by atoms with Gasteiger partial charge in [-0.15, -0.1) is 0 Å². The van der Waals surface area contributed by atoms with Gasteiger partial charge in [0.05, 0.1) is 0 Å². The topological polar surface area (TPSA) is 65.1 Å². The lowest BCUT2D eigenvalue weighted by Crippen LogP contribution is -2.48. The number of nitrogens with one attached hydrogen (secondary N) is 1. The number of nitrogens with zero attached hydrogens (tertiary/aromatic N) is 4. The Bertz CT molecular complexity index is 901. The Morgan fingerprint density at radius 1 is 1.04 bits per heavy atom. The average molecular weight is 356 g/mol. The van der Waals surface area contributed by atoms with Gasteiger partial charge in [0.1, 0.15) is 11.0 Å². The summed E-state index contributed by atoms with van der Waals surface area (Å²) in [7, 11) is 0. The van der Waals surface area contributed by atoms with Gasteiger partial charge in [-0.1, -0.05) is 23.7 Å². The number of aromatic nitrogens is 3. The molecule has 0 bridgehead atoms. The van der Waals surface area contributed by atoms with E-state index in [4.69, 9.17) is 11.6 Å². The highest BCUT2D eigenvalue weighted by Crippen LogP contribution is 2.16. The van der Waals surface area contributed by atoms with Crippen molar-refractivity contribution in [2.75, 3.05) is 26.2 Å². The highest BCUT2D eigenvalue weighted by Gasteiger charge is 2.22. The quantitative estimate of drug-likeness (QED) is 0.784. The minimum Gasteiger partial charge on any atom is -0.336 e. The van der Waals surface area contributed by atoms with Crippen molar-refractivity contribution in [3.63, 3.8) is 0 Å². The number of halogens is 1. The molecule has 0 aliphatic carbocycles. The summed E-state index contributed by atoms with van der Waals surface area (Å²) in [6.45, 7) is 3.99. The molecule has 2 heterocycles. The van der Waals surface area contributed by atoms with Gasteiger partial charge in [0.2, 0.25) is 0 Å². The van der Waals surface area contributed by atoms with Crippen LogP contribution in [-0.2, 0) is 6.54 Å². The summed E-state index contributed by atoms with van der Waals surface area (Å²) in [6, 6.07) is 13.3. The molecule has 0 spiro atoms. The molecule has 0 radical (unpaired) electrons. The Hall–Kier alpha value is -2.44. The lowest BCUT2D eigenvalue weighted by atomic mass is 10.1. The molecule has 1 aliphatic rings. The Kier molecular flexibility index (Phi) is 4.38. The molecule has 1 N–H and O–H groups in total. The van der Waals surface area contributed by atoms with E-state index in [1.54, 1.807) is 6.07 Å². The van der Waals surface area contributed by atoms with Gasteiger partial charge in [0, 0.05) is 43.3 Å². The molecular formula is C18H18ClN5O. The van der Waals surface area contributed by atoms with Gasteiger partial charge in [-0.25, -0.2) is 0 Å². The molecule has 2 aromatic carbocycles. The van der Waals surface area contributed by atoms with Crippen molar-refractivity contribution in [1.29, 1.82) is 0 Å². The maximum absolute atomic E-state index is 12.7. The molecule has 1 aromatic heterocycles. The zero-order valence-corrected chi connectivity index (χ0v) is 14.4. The van der Waals surface area contributed by atoms with Crippen LogP contribution >= 0.6 is 11.6 Å². The van der Waals surface area contributed by atoms with Gasteiger partial charge in [0.15, 0.2) is 0 Å². The van der Waals surface area contributed by atoms with E-state index >= 15 is 0 Å². The highest BCUT2D eigenvalue weighted by atomic mass is 35.5. The predicted molar refractivity (Wildman–Crippen MR) is 96.5 cm³/mol. The Morgan fingerprint density at radius 3 is 2.64 bits per heavy atom. The molecule has 3 aromatic rings. The number of carbonyl (C=O) groups excluding carboxylic acids is 1. The SMILES string of the molecule is O=C(c1ccc2n[nH]nc2c1)N1CCN(Cc2cccc(Cl)c2)CC1. The van der Waals surface area contributed by atoms with Crippen molar-refractivity contribution in [3.8, 4) is 0 Å². The van der Waals surface area contributed by atoms with E-state index in [2.05, 4.69) is 26.4 Å². The van der Waals surface area contributed by atoms with Gasteiger partial charge < -0.3 is 4.90 Å². The molecule has 1 fully saturated rings. The minimum atomic E-state index is 0.0484. The molecule has 4 rings (SSSR count). The van der Waals surface area contributed by atoms with Crippen LogP contribution in [0.25, 0.3) is 11.0 Å². The molecule has 25 heavy (non-hydrogen) atoms. The summed E-state index contributed by atoms with van der Waals surface area (Å²) in [5.74, 6) is 0.0484. The monoisotopic (exact) mass is 355 g/mol. The van der Waals surface area contributed by atoms with Crippen molar-refractivity contribution >= 4 is 28.5 Å². The normalized spacial score (nSPS) is 15.6. The van der Waals surface area contributed by atoms with Crippen LogP contribution in [0.1, 0.15) is 15.9 Å². The van der Waals surface area contributed by atoms with Crippen LogP contribution in [-0.4, -0.2) is 57.3 Å². The van der Waals surface area contributed by atoms with E-state index in [-0.39, 0.29) is 5.91 Å². The maximum atomic E-state index is 12.7. The molecule has 1 aliphatic heterocycles. The van der Waals surface area contributed by atoms with Gasteiger partial charge in [0.25, 0.3) is 5.91 Å². The van der Waals surface area contributed by atoms with E-state index in [1.807, 2.05) is 35.2 Å². The lowest BCUT2D eigenvalue weighted by molar-refractivity contribution is 0.0628. The van der Waals surface area contributed by atoms with Crippen LogP contribution in [0.15, 0.2) is 42.5 Å². The van der Waals surface area contributed by atoms with Gasteiger partial charge >= 0.3 is 0 Å². The first-order valence-corrected chi connectivity index (χ1v) is 8.63. The molecular weight excluding hydrogens is 338 g/mol. The molecule has 0 saturated carbocycles. The largest absolute Gasteiger partial charge is 0.336 e. The van der Waals surface area contributed by atoms with Gasteiger partial charge in [-0.05, 0) is 35.9 Å². The summed E-state index contributed by atoms with van der Waals surface area (Å²) < 4.78 is 0. The first-order valence-electron chi connectivity index (χ1n) is 8.26. The number of aromatic amines is 1. The third kappa shape index (κ3) is 3.50. The molecule has 0 unspecified atom stereocenters. The fraction of sp³-hybridized carbons (Fsp3) is 0.278. The standard InChI is InChI=1S/C18H18ClN5O/c19-15-3-1-2-13(10-15)12-23-6-8-24(9-7-23)18(25)14-4-5-16-17(11-14)21-22-20-16/h1-5,10-11H,6-9,12H2,(H,20,21,22). The first kappa shape index (κ1) is 16.1. The number of piperazine rings is 1. The number of rotatable bonds is 3. The minimum absolute atomic E-state index is 0.0484. The van der Waals surface area contributed by atoms with E-state index < -0.39 is 0 Å². The average Bonchev–Trinajstić information content (AvgIpc) is 3.09. The third-order valence-electron chi connectivity index (χ3n) is 4.52. The Balaban J connectivity index is 1.38. The Morgan fingerprint density at radius 2 is 1.84 bits per heavy atom. The first-order chi connectivity index (χ1) is 12.2. The number of benzene rings is 2. The summed E-state index contributed by atoms with van der Waals surface area (Å²) in [5, 5.41) is 11.4. The lowest BCUT2D eigenvalue weighted by Gasteiger charge is -2.34. The van der Waals surface area contributed by atoms with Gasteiger partial charge in [-0.2, -0.15) is 15.4 Å². The number of H-pyrrole nitrogens is 1. The van der Waals surface area contributed by atoms with E-state index in [0.29, 0.717) is 11.1 Å². The second-order valence-corrected chi connectivity index (χ2v) is 6.66. The molecule has 6 nitrogen and oxygen atoms in total. The smallest absolute Gasteiger partial charge is 0.254 e. The zero-order chi connectivity index (χ0) is 17.2. The van der Waals surface area contributed by atoms with Crippen LogP contribution < -0.4 is 0 Å². The van der Waals surface area contributed by atoms with Crippen LogP contribution in [0, 0.1) is 0 Å².